The fraction of sp³-hybridized carbons (Fsp3) is 0.321. The summed E-state index contributed by atoms with van der Waals surface area (Å²) in [6, 6.07) is 10.9. The Bertz CT molecular complexity index is 1570. The van der Waals surface area contributed by atoms with Crippen LogP contribution in [0.2, 0.25) is 0 Å². The fourth-order valence-corrected chi connectivity index (χ4v) is 3.67. The lowest BCUT2D eigenvalue weighted by atomic mass is 9.95. The number of alkyl halides is 3. The highest BCUT2D eigenvalue weighted by Gasteiger charge is 2.37. The van der Waals surface area contributed by atoms with Gasteiger partial charge in [0.25, 0.3) is 0 Å². The summed E-state index contributed by atoms with van der Waals surface area (Å²) >= 11 is 0. The summed E-state index contributed by atoms with van der Waals surface area (Å²) in [5, 5.41) is 7.28. The molecule has 0 atom stereocenters. The van der Waals surface area contributed by atoms with Gasteiger partial charge in [-0.3, -0.25) is 4.79 Å². The van der Waals surface area contributed by atoms with Crippen molar-refractivity contribution >= 4 is 23.2 Å². The van der Waals surface area contributed by atoms with Crippen molar-refractivity contribution in [3.63, 3.8) is 0 Å². The normalized spacial score (nSPS) is 11.9. The van der Waals surface area contributed by atoms with E-state index in [-0.39, 0.29) is 29.7 Å². The van der Waals surface area contributed by atoms with Crippen LogP contribution in [0.15, 0.2) is 48.7 Å². The number of hydrogen-bond acceptors (Lipinski definition) is 7. The summed E-state index contributed by atoms with van der Waals surface area (Å²) in [5.74, 6) is -1.23. The van der Waals surface area contributed by atoms with E-state index in [1.807, 2.05) is 39.8 Å². The molecule has 3 heterocycles. The van der Waals surface area contributed by atoms with E-state index in [4.69, 9.17) is 9.47 Å². The maximum absolute atomic E-state index is 13.9. The van der Waals surface area contributed by atoms with E-state index in [1.165, 1.54) is 22.7 Å². The van der Waals surface area contributed by atoms with E-state index in [1.54, 1.807) is 25.3 Å². The molecule has 4 rings (SSSR count). The number of pyridine rings is 1. The molecule has 0 fully saturated rings. The molecular formula is C28H28F3N5O4. The zero-order chi connectivity index (χ0) is 29.2. The van der Waals surface area contributed by atoms with Crippen molar-refractivity contribution in [2.75, 3.05) is 18.5 Å². The number of anilines is 1. The molecule has 9 nitrogen and oxygen atoms in total. The van der Waals surface area contributed by atoms with Gasteiger partial charge in [0.15, 0.2) is 17.9 Å². The van der Waals surface area contributed by atoms with Crippen LogP contribution in [0.3, 0.4) is 0 Å². The van der Waals surface area contributed by atoms with Crippen LogP contribution in [0.1, 0.15) is 39.0 Å². The highest BCUT2D eigenvalue weighted by Crippen LogP contribution is 2.36. The average Bonchev–Trinajstić information content (AvgIpc) is 3.31. The molecule has 0 aliphatic carbocycles. The lowest BCUT2D eigenvalue weighted by Gasteiger charge is -2.19. The Hall–Kier alpha value is -4.48. The van der Waals surface area contributed by atoms with Gasteiger partial charge in [-0.2, -0.15) is 18.3 Å². The van der Waals surface area contributed by atoms with E-state index >= 15 is 0 Å². The topological polar surface area (TPSA) is 108 Å². The van der Waals surface area contributed by atoms with Crippen molar-refractivity contribution in [3.8, 4) is 28.4 Å². The van der Waals surface area contributed by atoms with Crippen LogP contribution >= 0.6 is 0 Å². The third-order valence-electron chi connectivity index (χ3n) is 5.84. The highest BCUT2D eigenvalue weighted by molar-refractivity contribution is 5.95. The molecule has 1 aromatic carbocycles. The van der Waals surface area contributed by atoms with Gasteiger partial charge in [-0.25, -0.2) is 19.3 Å². The number of ether oxygens (including phenoxy) is 2. The molecular weight excluding hydrogens is 527 g/mol. The Balaban J connectivity index is 1.67. The molecule has 0 saturated heterocycles. The van der Waals surface area contributed by atoms with E-state index in [9.17, 15) is 22.8 Å². The molecule has 3 aromatic heterocycles. The number of carbonyl (C=O) groups is 2. The van der Waals surface area contributed by atoms with Crippen molar-refractivity contribution in [2.24, 2.45) is 5.41 Å². The number of rotatable bonds is 7. The van der Waals surface area contributed by atoms with E-state index in [2.05, 4.69) is 20.4 Å². The molecule has 0 unspecified atom stereocenters. The smallest absolute Gasteiger partial charge is 0.434 e. The molecule has 0 aliphatic rings. The van der Waals surface area contributed by atoms with Crippen molar-refractivity contribution in [2.45, 2.75) is 40.8 Å². The molecule has 1 N–H and O–H groups in total. The van der Waals surface area contributed by atoms with Crippen LogP contribution in [-0.2, 0) is 20.5 Å². The van der Waals surface area contributed by atoms with Crippen LogP contribution in [0, 0.1) is 12.3 Å². The summed E-state index contributed by atoms with van der Waals surface area (Å²) in [4.78, 5) is 32.1. The minimum absolute atomic E-state index is 0.00949. The first kappa shape index (κ1) is 28.5. The van der Waals surface area contributed by atoms with Gasteiger partial charge in [0.2, 0.25) is 11.8 Å². The minimum Gasteiger partial charge on any atom is -0.466 e. The first-order valence-electron chi connectivity index (χ1n) is 12.4. The van der Waals surface area contributed by atoms with E-state index < -0.39 is 29.9 Å². The molecule has 12 heteroatoms. The third-order valence-corrected chi connectivity index (χ3v) is 5.84. The number of aryl methyl sites for hydroxylation is 1. The molecule has 210 valence electrons. The zero-order valence-corrected chi connectivity index (χ0v) is 22.6. The number of amides is 1. The number of hydrogen-bond donors (Lipinski definition) is 1. The Morgan fingerprint density at radius 2 is 1.75 bits per heavy atom. The number of imidazole rings is 1. The van der Waals surface area contributed by atoms with Crippen molar-refractivity contribution in [1.29, 1.82) is 0 Å². The maximum atomic E-state index is 13.9. The summed E-state index contributed by atoms with van der Waals surface area (Å²) in [7, 11) is 0. The summed E-state index contributed by atoms with van der Waals surface area (Å²) < 4.78 is 52.9. The number of fused-ring (bicyclic) bond motifs is 1. The number of nitrogens with one attached hydrogen (secondary N) is 1. The number of carbonyl (C=O) groups excluding carboxylic acids is 2. The van der Waals surface area contributed by atoms with Gasteiger partial charge >= 0.3 is 12.1 Å². The molecule has 0 saturated carbocycles. The minimum atomic E-state index is -4.81. The predicted octanol–water partition coefficient (Wildman–Crippen LogP) is 5.71. The van der Waals surface area contributed by atoms with E-state index in [0.717, 1.165) is 5.56 Å². The monoisotopic (exact) mass is 555 g/mol. The Labute approximate surface area is 228 Å². The van der Waals surface area contributed by atoms with Gasteiger partial charge in [0, 0.05) is 28.3 Å². The lowest BCUT2D eigenvalue weighted by molar-refractivity contribution is -0.145. The Morgan fingerprint density at radius 3 is 2.42 bits per heavy atom. The molecule has 0 bridgehead atoms. The second kappa shape index (κ2) is 10.9. The number of esters is 1. The summed E-state index contributed by atoms with van der Waals surface area (Å²) in [5.41, 5.74) is 1.08. The van der Waals surface area contributed by atoms with Crippen LogP contribution in [0.5, 0.6) is 5.88 Å². The molecule has 40 heavy (non-hydrogen) atoms. The maximum Gasteiger partial charge on any atom is 0.434 e. The zero-order valence-electron chi connectivity index (χ0n) is 22.6. The van der Waals surface area contributed by atoms with Crippen molar-refractivity contribution in [1.82, 2.24) is 19.6 Å². The first-order chi connectivity index (χ1) is 18.8. The van der Waals surface area contributed by atoms with Crippen molar-refractivity contribution < 1.29 is 32.2 Å². The average molecular weight is 556 g/mol. The second-order valence-corrected chi connectivity index (χ2v) is 10.0. The fourth-order valence-electron chi connectivity index (χ4n) is 3.67. The molecule has 0 spiro atoms. The van der Waals surface area contributed by atoms with Gasteiger partial charge in [-0.15, -0.1) is 0 Å². The number of halogens is 3. The predicted molar refractivity (Wildman–Crippen MR) is 142 cm³/mol. The first-order valence-corrected chi connectivity index (χ1v) is 12.4. The summed E-state index contributed by atoms with van der Waals surface area (Å²) in [6.07, 6.45) is -3.22. The Morgan fingerprint density at radius 1 is 1.00 bits per heavy atom. The quantitative estimate of drug-likeness (QED) is 0.291. The van der Waals surface area contributed by atoms with Crippen molar-refractivity contribution in [3.05, 3.63) is 59.9 Å². The number of benzene rings is 1. The molecule has 4 aromatic rings. The lowest BCUT2D eigenvalue weighted by Crippen LogP contribution is -2.27. The van der Waals surface area contributed by atoms with Crippen LogP contribution in [0.25, 0.3) is 28.2 Å². The van der Waals surface area contributed by atoms with Gasteiger partial charge in [-0.1, -0.05) is 32.9 Å². The molecule has 1 amide bonds. The summed E-state index contributed by atoms with van der Waals surface area (Å²) in [6.45, 7) is 8.47. The van der Waals surface area contributed by atoms with Crippen LogP contribution in [0.4, 0.5) is 18.9 Å². The SMILES string of the molecule is CCOC(=O)COc1ccc(-c2ccc3nc(-c4ccc(C)c(NC(=O)C(C)(C)C)c4)cn3n2)c(C(F)(F)F)n1. The number of nitrogens with zero attached hydrogens (tertiary/aromatic N) is 4. The standard InChI is InChI=1S/C28H28F3N5O4/c1-6-39-24(37)15-40-23-12-9-18(25(34-23)28(29,30)31)19-10-11-22-32-21(14-36(22)35-19)17-8-7-16(2)20(13-17)33-26(38)27(3,4)5/h7-14H,6,15H2,1-5H3,(H,33,38). The van der Waals surface area contributed by atoms with Gasteiger partial charge in [-0.05, 0) is 43.7 Å². The highest BCUT2D eigenvalue weighted by atomic mass is 19.4. The number of aromatic nitrogens is 4. The van der Waals surface area contributed by atoms with Gasteiger partial charge < -0.3 is 14.8 Å². The van der Waals surface area contributed by atoms with Gasteiger partial charge in [0.1, 0.15) is 0 Å². The van der Waals surface area contributed by atoms with Gasteiger partial charge in [0.05, 0.1) is 24.2 Å². The Kier molecular flexibility index (Phi) is 7.81. The molecule has 0 radical (unpaired) electrons. The second-order valence-electron chi connectivity index (χ2n) is 10.0. The van der Waals surface area contributed by atoms with E-state index in [0.29, 0.717) is 22.6 Å². The van der Waals surface area contributed by atoms with Crippen LogP contribution in [-0.4, -0.2) is 44.7 Å². The third kappa shape index (κ3) is 6.38. The van der Waals surface area contributed by atoms with Crippen LogP contribution < -0.4 is 10.1 Å². The largest absolute Gasteiger partial charge is 0.466 e. The molecule has 0 aliphatic heterocycles.